The van der Waals surface area contributed by atoms with Crippen LogP contribution in [0, 0.1) is 18.8 Å². The standard InChI is InChI=1S/C19H32N2/c1-15(2)13-20-14-18-7-8-19(17(4)12-18)21-10-5-6-16(3)9-11-21/h7-8,12,15-16,20H,5-6,9-11,13-14H2,1-4H3. The van der Waals surface area contributed by atoms with Gasteiger partial charge in [-0.25, -0.2) is 0 Å². The van der Waals surface area contributed by atoms with Gasteiger partial charge in [0, 0.05) is 25.3 Å². The smallest absolute Gasteiger partial charge is 0.0396 e. The quantitative estimate of drug-likeness (QED) is 0.865. The number of nitrogens with zero attached hydrogens (tertiary/aromatic N) is 1. The third-order valence-electron chi connectivity index (χ3n) is 4.50. The zero-order valence-corrected chi connectivity index (χ0v) is 14.3. The van der Waals surface area contributed by atoms with Crippen LogP contribution < -0.4 is 10.2 Å². The molecule has 1 aliphatic heterocycles. The SMILES string of the molecule is Cc1cc(CNCC(C)C)ccc1N1CCCC(C)CC1. The second-order valence-electron chi connectivity index (χ2n) is 7.17. The maximum absolute atomic E-state index is 3.53. The van der Waals surface area contributed by atoms with Crippen LogP contribution in [-0.2, 0) is 6.54 Å². The van der Waals surface area contributed by atoms with Gasteiger partial charge >= 0.3 is 0 Å². The Labute approximate surface area is 130 Å². The second kappa shape index (κ2) is 7.84. The fourth-order valence-electron chi connectivity index (χ4n) is 3.19. The fourth-order valence-corrected chi connectivity index (χ4v) is 3.19. The Balaban J connectivity index is 1.98. The first-order valence-corrected chi connectivity index (χ1v) is 8.61. The van der Waals surface area contributed by atoms with Gasteiger partial charge in [0.15, 0.2) is 0 Å². The van der Waals surface area contributed by atoms with E-state index >= 15 is 0 Å². The van der Waals surface area contributed by atoms with Crippen molar-refractivity contribution < 1.29 is 0 Å². The molecule has 1 N–H and O–H groups in total. The second-order valence-corrected chi connectivity index (χ2v) is 7.17. The molecule has 0 bridgehead atoms. The van der Waals surface area contributed by atoms with Crippen molar-refractivity contribution in [2.45, 2.75) is 53.5 Å². The van der Waals surface area contributed by atoms with Crippen LogP contribution in [-0.4, -0.2) is 19.6 Å². The summed E-state index contributed by atoms with van der Waals surface area (Å²) in [6.45, 7) is 13.7. The van der Waals surface area contributed by atoms with Crippen molar-refractivity contribution in [3.05, 3.63) is 29.3 Å². The third-order valence-corrected chi connectivity index (χ3v) is 4.50. The van der Waals surface area contributed by atoms with E-state index < -0.39 is 0 Å². The summed E-state index contributed by atoms with van der Waals surface area (Å²) >= 11 is 0. The predicted molar refractivity (Wildman–Crippen MR) is 93.0 cm³/mol. The Hall–Kier alpha value is -1.02. The Morgan fingerprint density at radius 2 is 2.05 bits per heavy atom. The zero-order chi connectivity index (χ0) is 15.2. The molecule has 0 saturated carbocycles. The number of aryl methyl sites for hydroxylation is 1. The molecule has 1 aromatic rings. The third kappa shape index (κ3) is 5.03. The van der Waals surface area contributed by atoms with Crippen molar-refractivity contribution in [1.82, 2.24) is 5.32 Å². The topological polar surface area (TPSA) is 15.3 Å². The van der Waals surface area contributed by atoms with Crippen molar-refractivity contribution >= 4 is 5.69 Å². The van der Waals surface area contributed by atoms with Gasteiger partial charge in [0.1, 0.15) is 0 Å². The first-order chi connectivity index (χ1) is 10.1. The summed E-state index contributed by atoms with van der Waals surface area (Å²) in [5.74, 6) is 1.60. The van der Waals surface area contributed by atoms with Crippen molar-refractivity contribution in [1.29, 1.82) is 0 Å². The maximum Gasteiger partial charge on any atom is 0.0396 e. The summed E-state index contributed by atoms with van der Waals surface area (Å²) in [7, 11) is 0. The molecule has 1 aliphatic rings. The number of hydrogen-bond acceptors (Lipinski definition) is 2. The van der Waals surface area contributed by atoms with Crippen molar-refractivity contribution in [2.24, 2.45) is 11.8 Å². The predicted octanol–water partition coefficient (Wildman–Crippen LogP) is 4.37. The molecule has 0 amide bonds. The molecule has 1 atom stereocenters. The number of rotatable bonds is 5. The molecule has 1 unspecified atom stereocenters. The minimum absolute atomic E-state index is 0.712. The summed E-state index contributed by atoms with van der Waals surface area (Å²) in [6, 6.07) is 6.98. The largest absolute Gasteiger partial charge is 0.371 e. The average Bonchev–Trinajstić information content (AvgIpc) is 2.63. The van der Waals surface area contributed by atoms with Crippen LogP contribution in [0.4, 0.5) is 5.69 Å². The first-order valence-electron chi connectivity index (χ1n) is 8.61. The van der Waals surface area contributed by atoms with Crippen LogP contribution >= 0.6 is 0 Å². The lowest BCUT2D eigenvalue weighted by Gasteiger charge is -2.25. The van der Waals surface area contributed by atoms with E-state index in [0.29, 0.717) is 5.92 Å². The van der Waals surface area contributed by atoms with Gasteiger partial charge in [-0.05, 0) is 61.8 Å². The van der Waals surface area contributed by atoms with Crippen LogP contribution in [0.5, 0.6) is 0 Å². The molecular formula is C19H32N2. The number of anilines is 1. The average molecular weight is 288 g/mol. The van der Waals surface area contributed by atoms with Gasteiger partial charge < -0.3 is 10.2 Å². The Morgan fingerprint density at radius 3 is 2.76 bits per heavy atom. The molecule has 118 valence electrons. The van der Waals surface area contributed by atoms with Crippen LogP contribution in [0.2, 0.25) is 0 Å². The van der Waals surface area contributed by atoms with E-state index in [1.165, 1.54) is 49.2 Å². The van der Waals surface area contributed by atoms with Crippen LogP contribution in [0.3, 0.4) is 0 Å². The molecular weight excluding hydrogens is 256 g/mol. The molecule has 0 spiro atoms. The zero-order valence-electron chi connectivity index (χ0n) is 14.3. The van der Waals surface area contributed by atoms with Crippen molar-refractivity contribution in [2.75, 3.05) is 24.5 Å². The highest BCUT2D eigenvalue weighted by Gasteiger charge is 2.15. The maximum atomic E-state index is 3.53. The highest BCUT2D eigenvalue weighted by atomic mass is 15.1. The van der Waals surface area contributed by atoms with Crippen LogP contribution in [0.25, 0.3) is 0 Å². The van der Waals surface area contributed by atoms with E-state index in [0.717, 1.165) is 19.0 Å². The molecule has 0 aliphatic carbocycles. The van der Waals surface area contributed by atoms with E-state index in [4.69, 9.17) is 0 Å². The summed E-state index contributed by atoms with van der Waals surface area (Å²) < 4.78 is 0. The lowest BCUT2D eigenvalue weighted by Crippen LogP contribution is -2.25. The van der Waals surface area contributed by atoms with E-state index in [-0.39, 0.29) is 0 Å². The summed E-state index contributed by atoms with van der Waals surface area (Å²) in [6.07, 6.45) is 4.04. The number of nitrogens with one attached hydrogen (secondary N) is 1. The van der Waals surface area contributed by atoms with Gasteiger partial charge in [-0.15, -0.1) is 0 Å². The van der Waals surface area contributed by atoms with Crippen LogP contribution in [0.1, 0.15) is 51.2 Å². The molecule has 0 aromatic heterocycles. The van der Waals surface area contributed by atoms with E-state index in [1.54, 1.807) is 0 Å². The van der Waals surface area contributed by atoms with Gasteiger partial charge in [-0.3, -0.25) is 0 Å². The highest BCUT2D eigenvalue weighted by molar-refractivity contribution is 5.54. The van der Waals surface area contributed by atoms with Crippen LogP contribution in [0.15, 0.2) is 18.2 Å². The Morgan fingerprint density at radius 1 is 1.24 bits per heavy atom. The Kier molecular flexibility index (Phi) is 6.10. The summed E-state index contributed by atoms with van der Waals surface area (Å²) in [4.78, 5) is 2.59. The van der Waals surface area contributed by atoms with E-state index in [9.17, 15) is 0 Å². The minimum atomic E-state index is 0.712. The lowest BCUT2D eigenvalue weighted by atomic mass is 10.0. The van der Waals surface area contributed by atoms with Gasteiger partial charge in [-0.1, -0.05) is 32.9 Å². The normalized spacial score (nSPS) is 19.9. The van der Waals surface area contributed by atoms with E-state index in [1.807, 2.05) is 0 Å². The summed E-state index contributed by atoms with van der Waals surface area (Å²) in [5, 5.41) is 3.53. The molecule has 2 nitrogen and oxygen atoms in total. The fraction of sp³-hybridized carbons (Fsp3) is 0.684. The van der Waals surface area contributed by atoms with Gasteiger partial charge in [0.2, 0.25) is 0 Å². The number of benzene rings is 1. The molecule has 2 heteroatoms. The van der Waals surface area contributed by atoms with Gasteiger partial charge in [-0.2, -0.15) is 0 Å². The molecule has 1 aromatic carbocycles. The molecule has 1 saturated heterocycles. The molecule has 21 heavy (non-hydrogen) atoms. The van der Waals surface area contributed by atoms with Gasteiger partial charge in [0.05, 0.1) is 0 Å². The van der Waals surface area contributed by atoms with Crippen molar-refractivity contribution in [3.63, 3.8) is 0 Å². The molecule has 1 fully saturated rings. The lowest BCUT2D eigenvalue weighted by molar-refractivity contribution is 0.521. The Bertz CT molecular complexity index is 439. The van der Waals surface area contributed by atoms with Gasteiger partial charge in [0.25, 0.3) is 0 Å². The highest BCUT2D eigenvalue weighted by Crippen LogP contribution is 2.26. The molecule has 1 heterocycles. The summed E-state index contributed by atoms with van der Waals surface area (Å²) in [5.41, 5.74) is 4.27. The van der Waals surface area contributed by atoms with Crippen molar-refractivity contribution in [3.8, 4) is 0 Å². The first kappa shape index (κ1) is 16.4. The van der Waals surface area contributed by atoms with E-state index in [2.05, 4.69) is 56.1 Å². The molecule has 0 radical (unpaired) electrons. The molecule has 2 rings (SSSR count). The monoisotopic (exact) mass is 288 g/mol. The number of hydrogen-bond donors (Lipinski definition) is 1. The minimum Gasteiger partial charge on any atom is -0.371 e.